The van der Waals surface area contributed by atoms with Gasteiger partial charge in [-0.1, -0.05) is 29.3 Å². The van der Waals surface area contributed by atoms with Gasteiger partial charge < -0.3 is 19.8 Å². The fourth-order valence-electron chi connectivity index (χ4n) is 4.32. The Labute approximate surface area is 241 Å². The van der Waals surface area contributed by atoms with Crippen molar-refractivity contribution < 1.29 is 18.7 Å². The maximum atomic E-state index is 14.9. The molecule has 1 saturated carbocycles. The van der Waals surface area contributed by atoms with Crippen molar-refractivity contribution in [3.8, 4) is 17.2 Å². The quantitative estimate of drug-likeness (QED) is 0.252. The Morgan fingerprint density at radius 3 is 2.49 bits per heavy atom. The number of para-hydroxylation sites is 1. The Balaban J connectivity index is 1.17. The predicted octanol–water partition coefficient (Wildman–Crippen LogP) is 5.66. The second-order valence-electron chi connectivity index (χ2n) is 9.52. The molecule has 0 unspecified atom stereocenters. The lowest BCUT2D eigenvalue weighted by molar-refractivity contribution is -0.117. The van der Waals surface area contributed by atoms with E-state index in [4.69, 9.17) is 27.9 Å². The largest absolute Gasteiger partial charge is 0.453 e. The molecule has 0 bridgehead atoms. The van der Waals surface area contributed by atoms with E-state index in [1.54, 1.807) is 54.2 Å². The zero-order valence-corrected chi connectivity index (χ0v) is 22.9. The molecule has 2 N–H and O–H groups in total. The van der Waals surface area contributed by atoms with E-state index in [0.29, 0.717) is 17.2 Å². The first-order valence-electron chi connectivity index (χ1n) is 12.5. The average molecular weight is 595 g/mol. The number of imidazole rings is 1. The molecule has 0 aliphatic heterocycles. The lowest BCUT2D eigenvalue weighted by atomic mass is 10.2. The van der Waals surface area contributed by atoms with Crippen LogP contribution in [0.15, 0.2) is 71.9 Å². The molecule has 5 aromatic rings. The van der Waals surface area contributed by atoms with Crippen molar-refractivity contribution in [1.82, 2.24) is 18.7 Å². The summed E-state index contributed by atoms with van der Waals surface area (Å²) in [6.45, 7) is 0. The lowest BCUT2D eigenvalue weighted by Crippen LogP contribution is -2.25. The number of carbonyl (C=O) groups is 2. The van der Waals surface area contributed by atoms with Gasteiger partial charge >= 0.3 is 0 Å². The van der Waals surface area contributed by atoms with Crippen molar-refractivity contribution in [2.24, 2.45) is 13.0 Å². The smallest absolute Gasteiger partial charge is 0.284 e. The number of halogens is 3. The van der Waals surface area contributed by atoms with Crippen molar-refractivity contribution in [3.05, 3.63) is 98.9 Å². The number of aryl methyl sites for hydroxylation is 1. The topological polar surface area (TPSA) is 112 Å². The van der Waals surface area contributed by atoms with Crippen molar-refractivity contribution in [2.45, 2.75) is 12.8 Å². The van der Waals surface area contributed by atoms with E-state index in [0.717, 1.165) is 18.9 Å². The average Bonchev–Trinajstić information content (AvgIpc) is 3.64. The summed E-state index contributed by atoms with van der Waals surface area (Å²) in [6, 6.07) is 12.0. The van der Waals surface area contributed by atoms with Crippen LogP contribution in [0.4, 0.5) is 15.9 Å². The minimum Gasteiger partial charge on any atom is -0.453 e. The third-order valence-corrected chi connectivity index (χ3v) is 7.10. The summed E-state index contributed by atoms with van der Waals surface area (Å²) >= 11 is 12.5. The predicted molar refractivity (Wildman–Crippen MR) is 152 cm³/mol. The molecular weight excluding hydrogens is 574 g/mol. The Bertz CT molecular complexity index is 1890. The maximum absolute atomic E-state index is 14.9. The van der Waals surface area contributed by atoms with Gasteiger partial charge in [0.05, 0.1) is 22.4 Å². The number of pyridine rings is 1. The number of amides is 2. The van der Waals surface area contributed by atoms with Gasteiger partial charge in [0.2, 0.25) is 5.91 Å². The van der Waals surface area contributed by atoms with Crippen molar-refractivity contribution in [2.75, 3.05) is 10.6 Å². The fourth-order valence-corrected chi connectivity index (χ4v) is 4.87. The molecule has 208 valence electrons. The van der Waals surface area contributed by atoms with Crippen molar-refractivity contribution in [1.29, 1.82) is 0 Å². The van der Waals surface area contributed by atoms with Gasteiger partial charge in [-0.05, 0) is 49.2 Å². The van der Waals surface area contributed by atoms with E-state index in [1.165, 1.54) is 27.7 Å². The van der Waals surface area contributed by atoms with Crippen LogP contribution in [0.5, 0.6) is 11.5 Å². The first-order chi connectivity index (χ1) is 19.7. The Morgan fingerprint density at radius 2 is 1.78 bits per heavy atom. The van der Waals surface area contributed by atoms with Gasteiger partial charge in [0.15, 0.2) is 17.4 Å². The van der Waals surface area contributed by atoms with Crippen molar-refractivity contribution in [3.63, 3.8) is 0 Å². The molecule has 0 spiro atoms. The van der Waals surface area contributed by atoms with E-state index in [2.05, 4.69) is 15.6 Å². The summed E-state index contributed by atoms with van der Waals surface area (Å²) in [5, 5.41) is 5.79. The number of aromatic nitrogens is 4. The van der Waals surface area contributed by atoms with Crippen LogP contribution >= 0.6 is 23.2 Å². The maximum Gasteiger partial charge on any atom is 0.284 e. The molecule has 2 amide bonds. The van der Waals surface area contributed by atoms with Gasteiger partial charge in [-0.3, -0.25) is 19.1 Å². The van der Waals surface area contributed by atoms with Crippen LogP contribution in [-0.4, -0.2) is 30.6 Å². The molecule has 3 heterocycles. The molecule has 0 atom stereocenters. The first kappa shape index (κ1) is 26.6. The molecular formula is C28H21Cl2FN6O4. The highest BCUT2D eigenvalue weighted by molar-refractivity contribution is 6.37. The summed E-state index contributed by atoms with van der Waals surface area (Å²) in [5.41, 5.74) is 0.101. The second-order valence-corrected chi connectivity index (χ2v) is 10.3. The molecule has 1 aliphatic carbocycles. The van der Waals surface area contributed by atoms with Crippen LogP contribution in [0.2, 0.25) is 10.0 Å². The monoisotopic (exact) mass is 594 g/mol. The van der Waals surface area contributed by atoms with Crippen LogP contribution in [0, 0.1) is 11.7 Å². The van der Waals surface area contributed by atoms with Crippen molar-refractivity contribution >= 4 is 52.2 Å². The molecule has 41 heavy (non-hydrogen) atoms. The number of rotatable bonds is 7. The molecule has 6 rings (SSSR count). The molecule has 2 aromatic carbocycles. The number of carbonyl (C=O) groups excluding carboxylic acids is 2. The summed E-state index contributed by atoms with van der Waals surface area (Å²) in [7, 11) is 1.57. The summed E-state index contributed by atoms with van der Waals surface area (Å²) in [5.74, 6) is -0.815. The van der Waals surface area contributed by atoms with Crippen LogP contribution in [-0.2, 0) is 11.8 Å². The van der Waals surface area contributed by atoms with E-state index < -0.39 is 17.3 Å². The lowest BCUT2D eigenvalue weighted by Gasteiger charge is -2.10. The van der Waals surface area contributed by atoms with E-state index >= 15 is 0 Å². The number of benzene rings is 2. The fraction of sp³-hybridized carbons (Fsp3) is 0.143. The first-order valence-corrected chi connectivity index (χ1v) is 13.2. The summed E-state index contributed by atoms with van der Waals surface area (Å²) in [6.07, 6.45) is 6.36. The van der Waals surface area contributed by atoms with E-state index in [-0.39, 0.29) is 44.6 Å². The van der Waals surface area contributed by atoms with Crippen LogP contribution < -0.4 is 20.9 Å². The number of hydrogen-bond donors (Lipinski definition) is 2. The summed E-state index contributed by atoms with van der Waals surface area (Å²) < 4.78 is 24.9. The van der Waals surface area contributed by atoms with Gasteiger partial charge in [0.25, 0.3) is 11.5 Å². The number of anilines is 2. The van der Waals surface area contributed by atoms with Gasteiger partial charge in [-0.2, -0.15) is 0 Å². The SMILES string of the molecule is Cn1cc(C(=O)Nc2ccc(Oc3ccc4nc(NC(=O)C5CC5)cn4c3)c(F)c2)c(=O)n1-c1c(Cl)cccc1Cl. The standard InChI is InChI=1S/C28H21Cl2FN6O4/c1-35-13-18(28(40)37(35)25-19(29)3-2-4-20(25)30)27(39)32-16-7-9-22(21(31)11-16)41-17-8-10-24-33-23(14-36(24)12-17)34-26(38)15-5-6-15/h2-4,7-15H,5-6H2,1H3,(H,32,39)(H,34,38). The van der Waals surface area contributed by atoms with Gasteiger partial charge in [0.1, 0.15) is 22.6 Å². The normalized spacial score (nSPS) is 12.9. The third-order valence-electron chi connectivity index (χ3n) is 6.49. The summed E-state index contributed by atoms with van der Waals surface area (Å²) in [4.78, 5) is 42.4. The molecule has 13 heteroatoms. The second kappa shape index (κ2) is 10.4. The minimum atomic E-state index is -0.740. The van der Waals surface area contributed by atoms with Crippen LogP contribution in [0.3, 0.4) is 0 Å². The highest BCUT2D eigenvalue weighted by Crippen LogP contribution is 2.31. The molecule has 0 saturated heterocycles. The van der Waals surface area contributed by atoms with E-state index in [9.17, 15) is 18.8 Å². The van der Waals surface area contributed by atoms with Gasteiger partial charge in [-0.15, -0.1) is 0 Å². The Hall–Kier alpha value is -4.61. The molecule has 1 aliphatic rings. The van der Waals surface area contributed by atoms with E-state index in [1.807, 2.05) is 0 Å². The number of nitrogens with one attached hydrogen (secondary N) is 2. The Kier molecular flexibility index (Phi) is 6.76. The van der Waals surface area contributed by atoms with Gasteiger partial charge in [0, 0.05) is 30.9 Å². The molecule has 1 fully saturated rings. The number of fused-ring (bicyclic) bond motifs is 1. The molecule has 10 nitrogen and oxygen atoms in total. The highest BCUT2D eigenvalue weighted by atomic mass is 35.5. The highest BCUT2D eigenvalue weighted by Gasteiger charge is 2.30. The van der Waals surface area contributed by atoms with Gasteiger partial charge in [-0.25, -0.2) is 14.1 Å². The molecule has 0 radical (unpaired) electrons. The van der Waals surface area contributed by atoms with Crippen LogP contribution in [0.25, 0.3) is 11.3 Å². The van der Waals surface area contributed by atoms with Crippen LogP contribution in [0.1, 0.15) is 23.2 Å². The number of ether oxygens (including phenoxy) is 1. The molecule has 3 aromatic heterocycles. The number of nitrogens with zero attached hydrogens (tertiary/aromatic N) is 4. The zero-order valence-electron chi connectivity index (χ0n) is 21.4. The zero-order chi connectivity index (χ0) is 28.8. The third kappa shape index (κ3) is 5.29. The number of hydrogen-bond acceptors (Lipinski definition) is 5. The Morgan fingerprint density at radius 1 is 1.02 bits per heavy atom. The minimum absolute atomic E-state index is 0.0494.